The van der Waals surface area contributed by atoms with E-state index in [2.05, 4.69) is 15.7 Å². The number of hydrogen-bond acceptors (Lipinski definition) is 4. The van der Waals surface area contributed by atoms with Crippen molar-refractivity contribution < 1.29 is 14.3 Å². The zero-order valence-corrected chi connectivity index (χ0v) is 15.3. The van der Waals surface area contributed by atoms with Crippen LogP contribution < -0.4 is 15.4 Å². The highest BCUT2D eigenvalue weighted by atomic mass is 16.5. The molecule has 0 saturated heterocycles. The van der Waals surface area contributed by atoms with Crippen molar-refractivity contribution in [1.29, 1.82) is 0 Å². The van der Waals surface area contributed by atoms with Crippen LogP contribution in [0.3, 0.4) is 0 Å². The van der Waals surface area contributed by atoms with Crippen molar-refractivity contribution in [2.45, 2.75) is 38.5 Å². The Balaban J connectivity index is 1.34. The van der Waals surface area contributed by atoms with Gasteiger partial charge in [0.2, 0.25) is 0 Å². The number of nitrogens with one attached hydrogen (secondary N) is 2. The zero-order chi connectivity index (χ0) is 18.8. The van der Waals surface area contributed by atoms with E-state index in [4.69, 9.17) is 4.74 Å². The number of fused-ring (bicyclic) bond motifs is 1. The normalized spacial score (nSPS) is 15.8. The van der Waals surface area contributed by atoms with E-state index in [-0.39, 0.29) is 11.9 Å². The van der Waals surface area contributed by atoms with Crippen LogP contribution in [0.4, 0.5) is 4.79 Å². The van der Waals surface area contributed by atoms with Crippen molar-refractivity contribution in [2.24, 2.45) is 0 Å². The van der Waals surface area contributed by atoms with E-state index < -0.39 is 0 Å². The van der Waals surface area contributed by atoms with E-state index in [1.807, 2.05) is 28.9 Å². The Morgan fingerprint density at radius 1 is 1.26 bits per heavy atom. The highest BCUT2D eigenvalue weighted by molar-refractivity contribution is 5.92. The lowest BCUT2D eigenvalue weighted by molar-refractivity contribution is 0.0945. The van der Waals surface area contributed by atoms with Gasteiger partial charge in [0.25, 0.3) is 5.91 Å². The molecular formula is C19H23N5O3. The Kier molecular flexibility index (Phi) is 4.70. The first-order valence-electron chi connectivity index (χ1n) is 9.15. The van der Waals surface area contributed by atoms with Gasteiger partial charge in [-0.1, -0.05) is 12.1 Å². The van der Waals surface area contributed by atoms with Gasteiger partial charge in [-0.3, -0.25) is 9.48 Å². The summed E-state index contributed by atoms with van der Waals surface area (Å²) in [6.45, 7) is 2.01. The molecule has 1 aliphatic carbocycles. The lowest BCUT2D eigenvalue weighted by Crippen LogP contribution is -2.43. The number of carbonyl (C=O) groups is 2. The highest BCUT2D eigenvalue weighted by Gasteiger charge is 2.27. The smallest absolute Gasteiger partial charge is 0.318 e. The molecule has 0 atom stereocenters. The fourth-order valence-electron chi connectivity index (χ4n) is 3.11. The van der Waals surface area contributed by atoms with Crippen LogP contribution in [-0.2, 0) is 19.6 Å². The molecule has 27 heavy (non-hydrogen) atoms. The highest BCUT2D eigenvalue weighted by Crippen LogP contribution is 2.20. The van der Waals surface area contributed by atoms with Gasteiger partial charge in [-0.05, 0) is 36.6 Å². The first-order chi connectivity index (χ1) is 13.1. The average Bonchev–Trinajstić information content (AvgIpc) is 3.40. The van der Waals surface area contributed by atoms with E-state index in [1.54, 1.807) is 18.1 Å². The fourth-order valence-corrected chi connectivity index (χ4v) is 3.11. The first kappa shape index (κ1) is 17.4. The maximum absolute atomic E-state index is 12.5. The van der Waals surface area contributed by atoms with E-state index in [1.165, 1.54) is 0 Å². The van der Waals surface area contributed by atoms with Crippen LogP contribution in [0.5, 0.6) is 5.75 Å². The quantitative estimate of drug-likeness (QED) is 0.836. The summed E-state index contributed by atoms with van der Waals surface area (Å²) in [6.07, 6.45) is 2.08. The molecule has 8 heteroatoms. The zero-order valence-electron chi connectivity index (χ0n) is 15.3. The van der Waals surface area contributed by atoms with Crippen molar-refractivity contribution >= 4 is 11.9 Å². The Labute approximate surface area is 157 Å². The average molecular weight is 369 g/mol. The lowest BCUT2D eigenvalue weighted by Gasteiger charge is -2.27. The summed E-state index contributed by atoms with van der Waals surface area (Å²) in [4.78, 5) is 26.4. The summed E-state index contributed by atoms with van der Waals surface area (Å²) in [7, 11) is 1.62. The van der Waals surface area contributed by atoms with Gasteiger partial charge in [-0.2, -0.15) is 5.10 Å². The third-order valence-electron chi connectivity index (χ3n) is 4.81. The van der Waals surface area contributed by atoms with E-state index in [0.717, 1.165) is 29.8 Å². The van der Waals surface area contributed by atoms with Crippen LogP contribution in [0.15, 0.2) is 30.3 Å². The number of nitrogens with zero attached hydrogens (tertiary/aromatic N) is 3. The molecule has 2 aliphatic rings. The molecule has 1 fully saturated rings. The third kappa shape index (κ3) is 4.05. The van der Waals surface area contributed by atoms with E-state index >= 15 is 0 Å². The molecule has 0 radical (unpaired) electrons. The molecule has 0 unspecified atom stereocenters. The molecule has 2 heterocycles. The summed E-state index contributed by atoms with van der Waals surface area (Å²) in [5.74, 6) is 0.633. The fraction of sp³-hybridized carbons (Fsp3) is 0.421. The summed E-state index contributed by atoms with van der Waals surface area (Å²) in [5, 5.41) is 10.3. The minimum atomic E-state index is -0.131. The Hall–Kier alpha value is -3.03. The van der Waals surface area contributed by atoms with Crippen molar-refractivity contribution in [1.82, 2.24) is 25.3 Å². The minimum absolute atomic E-state index is 0.130. The molecule has 142 valence electrons. The topological polar surface area (TPSA) is 88.5 Å². The number of benzene rings is 1. The third-order valence-corrected chi connectivity index (χ3v) is 4.81. The summed E-state index contributed by atoms with van der Waals surface area (Å²) in [6, 6.07) is 9.56. The summed E-state index contributed by atoms with van der Waals surface area (Å²) < 4.78 is 7.01. The first-order valence-corrected chi connectivity index (χ1v) is 9.15. The number of ether oxygens (including phenoxy) is 1. The predicted octanol–water partition coefficient (Wildman–Crippen LogP) is 1.51. The van der Waals surface area contributed by atoms with Gasteiger partial charge >= 0.3 is 6.03 Å². The van der Waals surface area contributed by atoms with Gasteiger partial charge < -0.3 is 20.3 Å². The summed E-state index contributed by atoms with van der Waals surface area (Å²) in [5.41, 5.74) is 2.28. The molecule has 3 amide bonds. The molecule has 1 aromatic carbocycles. The van der Waals surface area contributed by atoms with Gasteiger partial charge in [-0.25, -0.2) is 4.79 Å². The van der Waals surface area contributed by atoms with Crippen LogP contribution in [0.25, 0.3) is 0 Å². The van der Waals surface area contributed by atoms with Crippen LogP contribution in [0, 0.1) is 0 Å². The van der Waals surface area contributed by atoms with Crippen molar-refractivity contribution in [3.05, 3.63) is 47.3 Å². The molecule has 0 bridgehead atoms. The molecule has 1 saturated carbocycles. The van der Waals surface area contributed by atoms with Gasteiger partial charge in [-0.15, -0.1) is 0 Å². The number of rotatable bonds is 5. The van der Waals surface area contributed by atoms with Crippen LogP contribution >= 0.6 is 0 Å². The van der Waals surface area contributed by atoms with E-state index in [9.17, 15) is 9.59 Å². The molecule has 1 aliphatic heterocycles. The standard InChI is InChI=1S/C19H23N5O3/c1-27-16-4-2-3-13(9-16)11-20-19(26)23-7-8-24-15(12-23)10-17(22-24)18(25)21-14-5-6-14/h2-4,9-10,14H,5-8,11-12H2,1H3,(H,20,26)(H,21,25). The largest absolute Gasteiger partial charge is 0.497 e. The van der Waals surface area contributed by atoms with Gasteiger partial charge in [0.05, 0.1) is 25.9 Å². The summed E-state index contributed by atoms with van der Waals surface area (Å²) >= 11 is 0. The monoisotopic (exact) mass is 369 g/mol. The number of aromatic nitrogens is 2. The van der Waals surface area contributed by atoms with Crippen molar-refractivity contribution in [3.8, 4) is 5.75 Å². The van der Waals surface area contributed by atoms with Gasteiger partial charge in [0.15, 0.2) is 5.69 Å². The predicted molar refractivity (Wildman–Crippen MR) is 98.4 cm³/mol. The maximum Gasteiger partial charge on any atom is 0.318 e. The van der Waals surface area contributed by atoms with Gasteiger partial charge in [0.1, 0.15) is 5.75 Å². The number of urea groups is 1. The SMILES string of the molecule is COc1cccc(CNC(=O)N2CCn3nc(C(=O)NC4CC4)cc3C2)c1. The van der Waals surface area contributed by atoms with Crippen LogP contribution in [0.2, 0.25) is 0 Å². The molecule has 0 spiro atoms. The molecule has 2 N–H and O–H groups in total. The maximum atomic E-state index is 12.5. The van der Waals surface area contributed by atoms with Crippen molar-refractivity contribution in [2.75, 3.05) is 13.7 Å². The molecule has 1 aromatic heterocycles. The van der Waals surface area contributed by atoms with Gasteiger partial charge in [0, 0.05) is 19.1 Å². The van der Waals surface area contributed by atoms with Crippen molar-refractivity contribution in [3.63, 3.8) is 0 Å². The second-order valence-corrected chi connectivity index (χ2v) is 6.92. The minimum Gasteiger partial charge on any atom is -0.497 e. The second-order valence-electron chi connectivity index (χ2n) is 6.92. The number of amides is 3. The molecule has 2 aromatic rings. The lowest BCUT2D eigenvalue weighted by atomic mass is 10.2. The second kappa shape index (κ2) is 7.30. The van der Waals surface area contributed by atoms with Crippen LogP contribution in [-0.4, -0.2) is 46.3 Å². The molecule has 8 nitrogen and oxygen atoms in total. The Morgan fingerprint density at radius 3 is 2.89 bits per heavy atom. The number of methoxy groups -OCH3 is 1. The molecular weight excluding hydrogens is 346 g/mol. The number of hydrogen-bond donors (Lipinski definition) is 2. The number of carbonyl (C=O) groups excluding carboxylic acids is 2. The Morgan fingerprint density at radius 2 is 2.11 bits per heavy atom. The Bertz CT molecular complexity index is 859. The molecule has 4 rings (SSSR count). The van der Waals surface area contributed by atoms with Crippen LogP contribution in [0.1, 0.15) is 34.6 Å². The van der Waals surface area contributed by atoms with E-state index in [0.29, 0.717) is 37.9 Å².